The monoisotopic (exact) mass is 275 g/mol. The summed E-state index contributed by atoms with van der Waals surface area (Å²) in [5, 5.41) is 12.6. The lowest BCUT2D eigenvalue weighted by atomic mass is 9.97. The van der Waals surface area contributed by atoms with Crippen LogP contribution >= 0.6 is 0 Å². The molecule has 0 spiro atoms. The van der Waals surface area contributed by atoms with Crippen molar-refractivity contribution in [2.45, 2.75) is 19.3 Å². The molecule has 2 atom stereocenters. The number of aliphatic hydroxyl groups excluding tert-OH is 1. The van der Waals surface area contributed by atoms with E-state index < -0.39 is 0 Å². The van der Waals surface area contributed by atoms with Gasteiger partial charge in [0.2, 0.25) is 0 Å². The van der Waals surface area contributed by atoms with Gasteiger partial charge in [0, 0.05) is 20.3 Å². The molecule has 2 unspecified atom stereocenters. The maximum Gasteiger partial charge on any atom is 0.0701 e. The van der Waals surface area contributed by atoms with Crippen molar-refractivity contribution < 1.29 is 19.3 Å². The van der Waals surface area contributed by atoms with Gasteiger partial charge < -0.3 is 24.6 Å². The lowest BCUT2D eigenvalue weighted by Crippen LogP contribution is -2.29. The van der Waals surface area contributed by atoms with E-state index in [1.165, 1.54) is 19.3 Å². The fourth-order valence-electron chi connectivity index (χ4n) is 2.52. The third-order valence-electron chi connectivity index (χ3n) is 3.68. The van der Waals surface area contributed by atoms with Crippen LogP contribution in [0.3, 0.4) is 0 Å². The van der Waals surface area contributed by atoms with Crippen molar-refractivity contribution in [2.24, 2.45) is 11.8 Å². The summed E-state index contributed by atoms with van der Waals surface area (Å²) in [6, 6.07) is 0. The molecule has 0 aromatic carbocycles. The summed E-state index contributed by atoms with van der Waals surface area (Å²) in [7, 11) is 1.66. The Morgan fingerprint density at radius 3 is 2.42 bits per heavy atom. The first kappa shape index (κ1) is 16.9. The van der Waals surface area contributed by atoms with E-state index in [-0.39, 0.29) is 0 Å². The van der Waals surface area contributed by atoms with Crippen molar-refractivity contribution in [1.29, 1.82) is 0 Å². The zero-order chi connectivity index (χ0) is 13.8. The number of nitrogens with one attached hydrogen (secondary N) is 1. The fourth-order valence-corrected chi connectivity index (χ4v) is 2.52. The highest BCUT2D eigenvalue weighted by atomic mass is 16.5. The number of methoxy groups -OCH3 is 1. The van der Waals surface area contributed by atoms with Crippen molar-refractivity contribution in [1.82, 2.24) is 5.32 Å². The van der Waals surface area contributed by atoms with Crippen LogP contribution in [0.15, 0.2) is 0 Å². The van der Waals surface area contributed by atoms with Gasteiger partial charge in [-0.1, -0.05) is 6.42 Å². The minimum atomic E-state index is 0.335. The van der Waals surface area contributed by atoms with Crippen LogP contribution in [0.2, 0.25) is 0 Å². The molecule has 1 aliphatic carbocycles. The van der Waals surface area contributed by atoms with E-state index in [4.69, 9.17) is 14.2 Å². The molecule has 19 heavy (non-hydrogen) atoms. The highest BCUT2D eigenvalue weighted by molar-refractivity contribution is 4.78. The van der Waals surface area contributed by atoms with Gasteiger partial charge in [-0.25, -0.2) is 0 Å². The molecule has 114 valence electrons. The topological polar surface area (TPSA) is 60.0 Å². The molecule has 0 saturated heterocycles. The molecule has 0 radical (unpaired) electrons. The Labute approximate surface area is 116 Å². The van der Waals surface area contributed by atoms with Gasteiger partial charge in [0.25, 0.3) is 0 Å². The smallest absolute Gasteiger partial charge is 0.0701 e. The molecule has 0 bridgehead atoms. The minimum Gasteiger partial charge on any atom is -0.396 e. The highest BCUT2D eigenvalue weighted by Gasteiger charge is 2.25. The van der Waals surface area contributed by atoms with Crippen molar-refractivity contribution in [2.75, 3.05) is 59.8 Å². The van der Waals surface area contributed by atoms with Crippen LogP contribution in [0.1, 0.15) is 19.3 Å². The molecule has 5 heteroatoms. The molecule has 0 aromatic rings. The van der Waals surface area contributed by atoms with E-state index in [0.29, 0.717) is 51.5 Å². The number of hydrogen-bond acceptors (Lipinski definition) is 5. The summed E-state index contributed by atoms with van der Waals surface area (Å²) in [6.45, 7) is 5.43. The van der Waals surface area contributed by atoms with Crippen LogP contribution in [0.5, 0.6) is 0 Å². The van der Waals surface area contributed by atoms with Gasteiger partial charge in [-0.3, -0.25) is 0 Å². The third-order valence-corrected chi connectivity index (χ3v) is 3.68. The molecule has 0 aromatic heterocycles. The Morgan fingerprint density at radius 2 is 1.68 bits per heavy atom. The second-order valence-electron chi connectivity index (χ2n) is 5.06. The van der Waals surface area contributed by atoms with Gasteiger partial charge in [-0.2, -0.15) is 0 Å². The SMILES string of the molecule is COCCOCCOCCNCC1CCCC1CO. The van der Waals surface area contributed by atoms with E-state index >= 15 is 0 Å². The summed E-state index contributed by atoms with van der Waals surface area (Å²) in [5.74, 6) is 1.14. The van der Waals surface area contributed by atoms with Gasteiger partial charge in [0.15, 0.2) is 0 Å². The quantitative estimate of drug-likeness (QED) is 0.513. The number of hydrogen-bond donors (Lipinski definition) is 2. The molecule has 1 saturated carbocycles. The lowest BCUT2D eigenvalue weighted by Gasteiger charge is -2.17. The first-order chi connectivity index (χ1) is 9.38. The van der Waals surface area contributed by atoms with E-state index in [2.05, 4.69) is 5.32 Å². The highest BCUT2D eigenvalue weighted by Crippen LogP contribution is 2.30. The van der Waals surface area contributed by atoms with E-state index in [1.807, 2.05) is 0 Å². The lowest BCUT2D eigenvalue weighted by molar-refractivity contribution is 0.0254. The number of aliphatic hydroxyl groups is 1. The minimum absolute atomic E-state index is 0.335. The Bertz CT molecular complexity index is 204. The van der Waals surface area contributed by atoms with E-state index in [9.17, 15) is 5.11 Å². The molecular formula is C14H29NO4. The Balaban J connectivity index is 1.81. The van der Waals surface area contributed by atoms with Crippen LogP contribution in [-0.4, -0.2) is 64.9 Å². The summed E-state index contributed by atoms with van der Waals surface area (Å²) in [6.07, 6.45) is 3.68. The zero-order valence-corrected chi connectivity index (χ0v) is 12.1. The van der Waals surface area contributed by atoms with E-state index in [1.54, 1.807) is 7.11 Å². The van der Waals surface area contributed by atoms with Gasteiger partial charge in [-0.15, -0.1) is 0 Å². The molecular weight excluding hydrogens is 246 g/mol. The van der Waals surface area contributed by atoms with E-state index in [0.717, 1.165) is 13.1 Å². The summed E-state index contributed by atoms with van der Waals surface area (Å²) in [4.78, 5) is 0. The van der Waals surface area contributed by atoms with Crippen molar-refractivity contribution in [3.8, 4) is 0 Å². The van der Waals surface area contributed by atoms with Gasteiger partial charge in [0.1, 0.15) is 0 Å². The Kier molecular flexibility index (Phi) is 10.3. The summed E-state index contributed by atoms with van der Waals surface area (Å²) >= 11 is 0. The zero-order valence-electron chi connectivity index (χ0n) is 12.1. The molecule has 1 aliphatic rings. The number of rotatable bonds is 12. The predicted octanol–water partition coefficient (Wildman–Crippen LogP) is 0.664. The van der Waals surface area contributed by atoms with Crippen molar-refractivity contribution in [3.05, 3.63) is 0 Å². The predicted molar refractivity (Wildman–Crippen MR) is 74.3 cm³/mol. The maximum atomic E-state index is 9.22. The standard InChI is InChI=1S/C14H29NO4/c1-17-7-8-19-10-9-18-6-5-15-11-13-3-2-4-14(13)12-16/h13-16H,2-12H2,1H3. The third kappa shape index (κ3) is 7.84. The molecule has 1 rings (SSSR count). The first-order valence-corrected chi connectivity index (χ1v) is 7.34. The molecule has 0 aliphatic heterocycles. The normalized spacial score (nSPS) is 23.1. The average molecular weight is 275 g/mol. The van der Waals surface area contributed by atoms with Gasteiger partial charge in [-0.05, 0) is 31.2 Å². The van der Waals surface area contributed by atoms with Crippen LogP contribution in [0.25, 0.3) is 0 Å². The summed E-state index contributed by atoms with van der Waals surface area (Å²) < 4.78 is 15.6. The molecule has 0 amide bonds. The molecule has 5 nitrogen and oxygen atoms in total. The summed E-state index contributed by atoms with van der Waals surface area (Å²) in [5.41, 5.74) is 0. The Hall–Kier alpha value is -0.200. The molecule has 2 N–H and O–H groups in total. The van der Waals surface area contributed by atoms with Gasteiger partial charge in [0.05, 0.1) is 33.0 Å². The van der Waals surface area contributed by atoms with Crippen LogP contribution in [0, 0.1) is 11.8 Å². The van der Waals surface area contributed by atoms with Crippen LogP contribution in [0.4, 0.5) is 0 Å². The number of ether oxygens (including phenoxy) is 3. The van der Waals surface area contributed by atoms with Crippen molar-refractivity contribution in [3.63, 3.8) is 0 Å². The second kappa shape index (κ2) is 11.6. The van der Waals surface area contributed by atoms with Gasteiger partial charge >= 0.3 is 0 Å². The van der Waals surface area contributed by atoms with Crippen molar-refractivity contribution >= 4 is 0 Å². The average Bonchev–Trinajstić information content (AvgIpc) is 2.88. The van der Waals surface area contributed by atoms with Crippen LogP contribution in [-0.2, 0) is 14.2 Å². The molecule has 1 fully saturated rings. The largest absolute Gasteiger partial charge is 0.396 e. The van der Waals surface area contributed by atoms with Crippen LogP contribution < -0.4 is 5.32 Å². The first-order valence-electron chi connectivity index (χ1n) is 7.34. The maximum absolute atomic E-state index is 9.22. The fraction of sp³-hybridized carbons (Fsp3) is 1.00. The Morgan fingerprint density at radius 1 is 1.00 bits per heavy atom. The molecule has 0 heterocycles. The second-order valence-corrected chi connectivity index (χ2v) is 5.06.